The number of nitrogens with two attached hydrogens (primary N) is 1. The summed E-state index contributed by atoms with van der Waals surface area (Å²) >= 11 is 0. The Kier molecular flexibility index (Phi) is 5.80. The molecule has 6 nitrogen and oxygen atoms in total. The van der Waals surface area contributed by atoms with Crippen LogP contribution in [-0.2, 0) is 14.9 Å². The smallest absolute Gasteiger partial charge is 0.282 e. The van der Waals surface area contributed by atoms with Crippen molar-refractivity contribution >= 4 is 10.2 Å². The summed E-state index contributed by atoms with van der Waals surface area (Å²) in [7, 11) is -3.37. The van der Waals surface area contributed by atoms with E-state index in [4.69, 9.17) is 10.5 Å². The van der Waals surface area contributed by atoms with Gasteiger partial charge in [-0.25, -0.2) is 0 Å². The van der Waals surface area contributed by atoms with E-state index >= 15 is 0 Å². The fourth-order valence-electron chi connectivity index (χ4n) is 2.99. The summed E-state index contributed by atoms with van der Waals surface area (Å²) in [4.78, 5) is 0. The van der Waals surface area contributed by atoms with Crippen molar-refractivity contribution in [3.8, 4) is 0 Å². The number of hydrogen-bond acceptors (Lipinski definition) is 4. The van der Waals surface area contributed by atoms with Crippen LogP contribution in [-0.4, -0.2) is 62.5 Å². The van der Waals surface area contributed by atoms with E-state index in [2.05, 4.69) is 0 Å². The number of piperidine rings is 1. The molecule has 0 bridgehead atoms. The maximum absolute atomic E-state index is 12.7. The molecule has 118 valence electrons. The lowest BCUT2D eigenvalue weighted by Crippen LogP contribution is -2.50. The molecule has 20 heavy (non-hydrogen) atoms. The third-order valence-electron chi connectivity index (χ3n) is 4.25. The predicted molar refractivity (Wildman–Crippen MR) is 78.5 cm³/mol. The molecule has 2 atom stereocenters. The van der Waals surface area contributed by atoms with Crippen LogP contribution in [0.3, 0.4) is 0 Å². The largest absolute Gasteiger partial charge is 0.377 e. The van der Waals surface area contributed by atoms with E-state index in [-0.39, 0.29) is 6.10 Å². The molecule has 2 rings (SSSR count). The van der Waals surface area contributed by atoms with Crippen molar-refractivity contribution in [1.82, 2.24) is 8.61 Å². The first-order valence-corrected chi connectivity index (χ1v) is 9.04. The van der Waals surface area contributed by atoms with Crippen molar-refractivity contribution in [2.24, 2.45) is 11.7 Å². The van der Waals surface area contributed by atoms with Crippen LogP contribution in [0.2, 0.25) is 0 Å². The van der Waals surface area contributed by atoms with E-state index in [9.17, 15) is 8.42 Å². The second-order valence-electron chi connectivity index (χ2n) is 5.70. The average Bonchev–Trinajstić information content (AvgIpc) is 2.97. The summed E-state index contributed by atoms with van der Waals surface area (Å²) in [6.07, 6.45) is 3.97. The van der Waals surface area contributed by atoms with Gasteiger partial charge >= 0.3 is 0 Å². The van der Waals surface area contributed by atoms with E-state index in [0.29, 0.717) is 38.6 Å². The van der Waals surface area contributed by atoms with Crippen LogP contribution in [0.15, 0.2) is 0 Å². The van der Waals surface area contributed by atoms with Gasteiger partial charge in [0.1, 0.15) is 0 Å². The van der Waals surface area contributed by atoms with Gasteiger partial charge in [-0.2, -0.15) is 17.0 Å². The Morgan fingerprint density at radius 2 is 2.15 bits per heavy atom. The number of ether oxygens (including phenoxy) is 1. The molecule has 0 spiro atoms. The van der Waals surface area contributed by atoms with Gasteiger partial charge in [-0.15, -0.1) is 0 Å². The highest BCUT2D eigenvalue weighted by atomic mass is 32.2. The van der Waals surface area contributed by atoms with Gasteiger partial charge in [-0.1, -0.05) is 6.92 Å². The predicted octanol–water partition coefficient (Wildman–Crippen LogP) is 0.403. The lowest BCUT2D eigenvalue weighted by molar-refractivity contribution is 0.0924. The van der Waals surface area contributed by atoms with Crippen LogP contribution in [0.5, 0.6) is 0 Å². The second kappa shape index (κ2) is 7.17. The molecule has 2 N–H and O–H groups in total. The highest BCUT2D eigenvalue weighted by molar-refractivity contribution is 7.86. The van der Waals surface area contributed by atoms with Crippen LogP contribution in [0.4, 0.5) is 0 Å². The van der Waals surface area contributed by atoms with E-state index < -0.39 is 10.2 Å². The Bertz CT molecular complexity index is 396. The fourth-order valence-corrected chi connectivity index (χ4v) is 4.76. The Balaban J connectivity index is 2.01. The molecule has 0 aromatic carbocycles. The first-order chi connectivity index (χ1) is 9.57. The molecule has 0 saturated carbocycles. The third-order valence-corrected chi connectivity index (χ3v) is 6.30. The summed E-state index contributed by atoms with van der Waals surface area (Å²) in [5, 5.41) is 0. The molecule has 2 aliphatic heterocycles. The monoisotopic (exact) mass is 305 g/mol. The quantitative estimate of drug-likeness (QED) is 0.771. The Hall–Kier alpha value is -0.210. The molecular formula is C13H27N3O3S. The number of rotatable bonds is 6. The normalized spacial score (nSPS) is 29.1. The van der Waals surface area contributed by atoms with Crippen molar-refractivity contribution in [2.45, 2.75) is 38.7 Å². The first-order valence-electron chi connectivity index (χ1n) is 7.64. The first kappa shape index (κ1) is 16.2. The highest BCUT2D eigenvalue weighted by Crippen LogP contribution is 2.22. The Labute approximate surface area is 122 Å². The molecule has 0 aromatic rings. The molecule has 0 aliphatic carbocycles. The van der Waals surface area contributed by atoms with E-state index in [1.54, 1.807) is 8.61 Å². The van der Waals surface area contributed by atoms with Crippen molar-refractivity contribution < 1.29 is 13.2 Å². The standard InChI is InChI=1S/C13H27N3O3S/c1-2-15(11-13-6-4-8-19-13)20(17,18)16-7-3-5-12(9-14)10-16/h12-13H,2-11,14H2,1H3. The van der Waals surface area contributed by atoms with Gasteiger partial charge in [-0.05, 0) is 38.1 Å². The zero-order chi connectivity index (χ0) is 14.6. The van der Waals surface area contributed by atoms with Gasteiger partial charge in [0.05, 0.1) is 6.10 Å². The third kappa shape index (κ3) is 3.71. The summed E-state index contributed by atoms with van der Waals surface area (Å²) in [5.74, 6) is 0.292. The minimum atomic E-state index is -3.37. The van der Waals surface area contributed by atoms with Gasteiger partial charge < -0.3 is 10.5 Å². The second-order valence-corrected chi connectivity index (χ2v) is 7.62. The summed E-state index contributed by atoms with van der Waals surface area (Å²) in [6, 6.07) is 0. The van der Waals surface area contributed by atoms with E-state index in [1.165, 1.54) is 0 Å². The molecule has 2 saturated heterocycles. The van der Waals surface area contributed by atoms with Crippen molar-refractivity contribution in [3.05, 3.63) is 0 Å². The minimum absolute atomic E-state index is 0.0554. The van der Waals surface area contributed by atoms with Crippen LogP contribution in [0.1, 0.15) is 32.6 Å². The fraction of sp³-hybridized carbons (Fsp3) is 1.00. The average molecular weight is 305 g/mol. The van der Waals surface area contributed by atoms with E-state index in [1.807, 2.05) is 6.92 Å². The Morgan fingerprint density at radius 1 is 1.35 bits per heavy atom. The van der Waals surface area contributed by atoms with Crippen molar-refractivity contribution in [1.29, 1.82) is 0 Å². The SMILES string of the molecule is CCN(CC1CCCO1)S(=O)(=O)N1CCCC(CN)C1. The minimum Gasteiger partial charge on any atom is -0.377 e. The molecule has 2 fully saturated rings. The molecule has 0 amide bonds. The van der Waals surface area contributed by atoms with Gasteiger partial charge in [0.25, 0.3) is 10.2 Å². The number of hydrogen-bond donors (Lipinski definition) is 1. The molecule has 2 aliphatic rings. The lowest BCUT2D eigenvalue weighted by Gasteiger charge is -2.35. The zero-order valence-corrected chi connectivity index (χ0v) is 13.1. The maximum atomic E-state index is 12.7. The van der Waals surface area contributed by atoms with Gasteiger partial charge in [-0.3, -0.25) is 0 Å². The molecule has 7 heteroatoms. The molecule has 0 radical (unpaired) electrons. The topological polar surface area (TPSA) is 75.9 Å². The van der Waals surface area contributed by atoms with Gasteiger partial charge in [0.15, 0.2) is 0 Å². The molecule has 2 heterocycles. The lowest BCUT2D eigenvalue weighted by atomic mass is 10.0. The summed E-state index contributed by atoms with van der Waals surface area (Å²) < 4.78 is 34.2. The van der Waals surface area contributed by atoms with Crippen LogP contribution < -0.4 is 5.73 Å². The van der Waals surface area contributed by atoms with Crippen LogP contribution in [0.25, 0.3) is 0 Å². The zero-order valence-electron chi connectivity index (χ0n) is 12.3. The van der Waals surface area contributed by atoms with Crippen LogP contribution in [0, 0.1) is 5.92 Å². The molecular weight excluding hydrogens is 278 g/mol. The van der Waals surface area contributed by atoms with Crippen molar-refractivity contribution in [2.75, 3.05) is 39.3 Å². The maximum Gasteiger partial charge on any atom is 0.282 e. The van der Waals surface area contributed by atoms with Gasteiger partial charge in [0, 0.05) is 32.8 Å². The number of nitrogens with zero attached hydrogens (tertiary/aromatic N) is 2. The Morgan fingerprint density at radius 3 is 2.75 bits per heavy atom. The van der Waals surface area contributed by atoms with E-state index in [0.717, 1.165) is 32.3 Å². The molecule has 2 unspecified atom stereocenters. The van der Waals surface area contributed by atoms with Crippen molar-refractivity contribution in [3.63, 3.8) is 0 Å². The summed E-state index contributed by atoms with van der Waals surface area (Å²) in [6.45, 7) is 5.33. The van der Waals surface area contributed by atoms with Gasteiger partial charge in [0.2, 0.25) is 0 Å². The highest BCUT2D eigenvalue weighted by Gasteiger charge is 2.34. The number of likely N-dealkylation sites (N-methyl/N-ethyl adjacent to an activating group) is 1. The van der Waals surface area contributed by atoms with Crippen LogP contribution >= 0.6 is 0 Å². The molecule has 0 aromatic heterocycles. The summed E-state index contributed by atoms with van der Waals surface area (Å²) in [5.41, 5.74) is 5.69.